The average molecular weight is 371 g/mol. The van der Waals surface area contributed by atoms with E-state index in [9.17, 15) is 1.37 Å². The molecule has 2 aromatic carbocycles. The van der Waals surface area contributed by atoms with Crippen molar-refractivity contribution in [2.24, 2.45) is 7.05 Å². The van der Waals surface area contributed by atoms with E-state index in [1.807, 2.05) is 50.3 Å². The van der Waals surface area contributed by atoms with Gasteiger partial charge in [-0.25, -0.2) is 4.57 Å². The number of para-hydroxylation sites is 1. The van der Waals surface area contributed by atoms with Crippen molar-refractivity contribution in [2.75, 3.05) is 4.81 Å². The van der Waals surface area contributed by atoms with E-state index in [-0.39, 0.29) is 6.85 Å². The van der Waals surface area contributed by atoms with Crippen molar-refractivity contribution in [3.63, 3.8) is 0 Å². The first kappa shape index (κ1) is 13.6. The molecule has 0 bridgehead atoms. The van der Waals surface area contributed by atoms with Gasteiger partial charge < -0.3 is 0 Å². The summed E-state index contributed by atoms with van der Waals surface area (Å²) in [6, 6.07) is 18.1. The Kier molecular flexibility index (Phi) is 3.31. The van der Waals surface area contributed by atoms with Gasteiger partial charge in [-0.1, -0.05) is 55.3 Å². The lowest BCUT2D eigenvalue weighted by atomic mass is 9.55. The standard InChI is InChI=1S/C25H28BN2/c1-18-21-13-7-6-12-20(21)17-28(26(18)2)25-16-23(19-10-4-5-11-19)22-14-8-9-15-24(22)27(25)3/h6-9,12-17,19H,4-5,10-11H2,1-3H3/q+1/i1D3,19D. The lowest BCUT2D eigenvalue weighted by molar-refractivity contribution is -0.631. The van der Waals surface area contributed by atoms with Crippen LogP contribution in [0.15, 0.2) is 54.6 Å². The van der Waals surface area contributed by atoms with E-state index in [1.165, 1.54) is 0 Å². The third-order valence-corrected chi connectivity index (χ3v) is 6.39. The molecule has 3 heteroatoms. The Morgan fingerprint density at radius 2 is 1.86 bits per heavy atom. The van der Waals surface area contributed by atoms with Gasteiger partial charge in [0.2, 0.25) is 0 Å². The Labute approximate surface area is 173 Å². The first-order valence-electron chi connectivity index (χ1n) is 12.2. The van der Waals surface area contributed by atoms with Crippen LogP contribution in [0.25, 0.3) is 22.6 Å². The number of rotatable bonds is 2. The minimum Gasteiger partial charge on any atom is -0.293 e. The van der Waals surface area contributed by atoms with E-state index in [0.717, 1.165) is 58.4 Å². The summed E-state index contributed by atoms with van der Waals surface area (Å²) < 4.78 is 36.2. The molecular formula is C25H28BN2+. The molecule has 0 N–H and O–H groups in total. The molecule has 0 radical (unpaired) electrons. The highest BCUT2D eigenvalue weighted by molar-refractivity contribution is 6.80. The van der Waals surface area contributed by atoms with Gasteiger partial charge in [0.1, 0.15) is 5.52 Å². The second kappa shape index (κ2) is 6.81. The van der Waals surface area contributed by atoms with Crippen LogP contribution < -0.4 is 19.8 Å². The average Bonchev–Trinajstić information content (AvgIpc) is 3.20. The lowest BCUT2D eigenvalue weighted by Crippen LogP contribution is -2.50. The molecule has 0 amide bonds. The first-order chi connectivity index (χ1) is 15.2. The first-order valence-corrected chi connectivity index (χ1v) is 10.2. The topological polar surface area (TPSA) is 7.12 Å². The van der Waals surface area contributed by atoms with Gasteiger partial charge in [0.15, 0.2) is 0 Å². The Bertz CT molecular complexity index is 1330. The van der Waals surface area contributed by atoms with Crippen molar-refractivity contribution in [2.45, 2.75) is 45.3 Å². The van der Waals surface area contributed by atoms with Crippen LogP contribution in [0, 0.1) is 0 Å². The Morgan fingerprint density at radius 3 is 2.68 bits per heavy atom. The maximum atomic E-state index is 9.26. The van der Waals surface area contributed by atoms with Gasteiger partial charge in [0, 0.05) is 22.2 Å². The van der Waals surface area contributed by atoms with E-state index < -0.39 is 12.7 Å². The molecule has 140 valence electrons. The number of hydrogen-bond acceptors (Lipinski definition) is 1. The fraction of sp³-hybridized carbons (Fsp3) is 0.320. The molecule has 3 aromatic rings. The minimum absolute atomic E-state index is 0.331. The molecule has 1 aliphatic heterocycles. The molecule has 0 saturated heterocycles. The van der Waals surface area contributed by atoms with Gasteiger partial charge in [-0.15, -0.1) is 0 Å². The van der Waals surface area contributed by atoms with Crippen molar-refractivity contribution in [1.29, 1.82) is 0 Å². The minimum atomic E-state index is -2.19. The molecule has 0 unspecified atom stereocenters. The summed E-state index contributed by atoms with van der Waals surface area (Å²) in [7, 11) is 2.03. The third-order valence-electron chi connectivity index (χ3n) is 6.39. The van der Waals surface area contributed by atoms with Crippen LogP contribution in [-0.4, -0.2) is 6.85 Å². The molecule has 0 spiro atoms. The highest BCUT2D eigenvalue weighted by atomic mass is 15.2. The number of aromatic nitrogens is 1. The molecule has 1 aliphatic carbocycles. The smallest absolute Gasteiger partial charge is 0.293 e. The van der Waals surface area contributed by atoms with Gasteiger partial charge in [-0.3, -0.25) is 4.81 Å². The number of hydrogen-bond donors (Lipinski definition) is 0. The van der Waals surface area contributed by atoms with Crippen LogP contribution >= 0.6 is 0 Å². The van der Waals surface area contributed by atoms with E-state index in [1.54, 1.807) is 0 Å². The van der Waals surface area contributed by atoms with Gasteiger partial charge in [0.05, 0.1) is 13.2 Å². The van der Waals surface area contributed by atoms with Gasteiger partial charge in [0.25, 0.3) is 5.82 Å². The maximum Gasteiger partial charge on any atom is 0.405 e. The summed E-state index contributed by atoms with van der Waals surface area (Å²) in [6.45, 7) is -0.555. The van der Waals surface area contributed by atoms with Crippen LogP contribution in [0.5, 0.6) is 0 Å². The quantitative estimate of drug-likeness (QED) is 0.489. The number of benzene rings is 2. The predicted molar refractivity (Wildman–Crippen MR) is 120 cm³/mol. The number of fused-ring (bicyclic) bond motifs is 2. The van der Waals surface area contributed by atoms with Crippen LogP contribution in [0.4, 0.5) is 5.82 Å². The molecule has 2 nitrogen and oxygen atoms in total. The second-order valence-corrected chi connectivity index (χ2v) is 8.02. The molecule has 1 fully saturated rings. The zero-order valence-electron chi connectivity index (χ0n) is 20.6. The number of nitrogens with zero attached hydrogens (tertiary/aromatic N) is 2. The zero-order valence-corrected chi connectivity index (χ0v) is 16.6. The largest absolute Gasteiger partial charge is 0.405 e. The molecule has 28 heavy (non-hydrogen) atoms. The molecule has 1 aromatic heterocycles. The van der Waals surface area contributed by atoms with E-state index in [0.29, 0.717) is 5.47 Å². The molecule has 2 aliphatic rings. The van der Waals surface area contributed by atoms with Crippen molar-refractivity contribution in [3.8, 4) is 0 Å². The number of anilines is 1. The van der Waals surface area contributed by atoms with Crippen molar-refractivity contribution >= 4 is 35.2 Å². The molecular weight excluding hydrogens is 339 g/mol. The number of pyridine rings is 1. The van der Waals surface area contributed by atoms with Crippen LogP contribution in [0.1, 0.15) is 49.5 Å². The van der Waals surface area contributed by atoms with E-state index >= 15 is 0 Å². The summed E-state index contributed by atoms with van der Waals surface area (Å²) >= 11 is 0. The van der Waals surface area contributed by atoms with Crippen molar-refractivity contribution in [3.05, 3.63) is 70.6 Å². The molecule has 0 atom stereocenters. The fourth-order valence-corrected chi connectivity index (χ4v) is 4.78. The summed E-state index contributed by atoms with van der Waals surface area (Å²) in [5.74, 6) is 0.316. The van der Waals surface area contributed by atoms with Crippen molar-refractivity contribution < 1.29 is 10.1 Å². The lowest BCUT2D eigenvalue weighted by Gasteiger charge is -2.25. The van der Waals surface area contributed by atoms with Crippen LogP contribution in [0.2, 0.25) is 6.82 Å². The Hall–Kier alpha value is -2.55. The fourth-order valence-electron chi connectivity index (χ4n) is 4.78. The summed E-state index contributed by atoms with van der Waals surface area (Å²) in [6.07, 6.45) is 5.93. The molecule has 5 rings (SSSR count). The van der Waals surface area contributed by atoms with E-state index in [4.69, 9.17) is 4.11 Å². The molecule has 2 heterocycles. The normalized spacial score (nSPS) is 20.9. The van der Waals surface area contributed by atoms with E-state index in [2.05, 4.69) is 33.8 Å². The van der Waals surface area contributed by atoms with Gasteiger partial charge in [-0.2, -0.15) is 0 Å². The third kappa shape index (κ3) is 2.68. The highest BCUT2D eigenvalue weighted by Crippen LogP contribution is 2.38. The maximum absolute atomic E-state index is 9.26. The SMILES string of the molecule is [2H]C([2H])([2H])C1=c2ccccc2=CN(c2cc(C3([2H])CCCC3)c3ccccc3[n+]2C)B1C. The zero-order chi connectivity index (χ0) is 22.7. The Balaban J connectivity index is 1.79. The summed E-state index contributed by atoms with van der Waals surface area (Å²) in [5, 5.41) is 2.82. The summed E-state index contributed by atoms with van der Waals surface area (Å²) in [5.41, 5.74) is 2.58. The second-order valence-electron chi connectivity index (χ2n) is 8.02. The highest BCUT2D eigenvalue weighted by Gasteiger charge is 2.34. The van der Waals surface area contributed by atoms with Gasteiger partial charge in [-0.05, 0) is 54.7 Å². The van der Waals surface area contributed by atoms with Crippen LogP contribution in [-0.2, 0) is 7.05 Å². The van der Waals surface area contributed by atoms with Crippen LogP contribution in [0.3, 0.4) is 0 Å². The number of aryl methyl sites for hydroxylation is 1. The van der Waals surface area contributed by atoms with Crippen molar-refractivity contribution in [1.82, 2.24) is 0 Å². The van der Waals surface area contributed by atoms with Gasteiger partial charge >= 0.3 is 6.85 Å². The summed E-state index contributed by atoms with van der Waals surface area (Å²) in [4.78, 5) is 2.08. The molecule has 1 saturated carbocycles. The Morgan fingerprint density at radius 1 is 1.11 bits per heavy atom. The monoisotopic (exact) mass is 371 g/mol. The predicted octanol–water partition coefficient (Wildman–Crippen LogP) is 3.91.